The molecule has 0 spiro atoms. The van der Waals surface area contributed by atoms with Gasteiger partial charge in [0.15, 0.2) is 0 Å². The van der Waals surface area contributed by atoms with Crippen molar-refractivity contribution in [2.75, 3.05) is 18.5 Å². The molecule has 0 bridgehead atoms. The number of nitrogens with zero attached hydrogens (tertiary/aromatic N) is 2. The molecule has 0 radical (unpaired) electrons. The topological polar surface area (TPSA) is 76.1 Å². The average molecular weight is 391 g/mol. The highest BCUT2D eigenvalue weighted by molar-refractivity contribution is 9.10. The molecule has 1 aliphatic rings. The zero-order valence-corrected chi connectivity index (χ0v) is 15.0. The molecule has 6 nitrogen and oxygen atoms in total. The summed E-state index contributed by atoms with van der Waals surface area (Å²) in [5.41, 5.74) is 1.92. The van der Waals surface area contributed by atoms with E-state index in [2.05, 4.69) is 36.5 Å². The van der Waals surface area contributed by atoms with Crippen LogP contribution < -0.4 is 10.6 Å². The van der Waals surface area contributed by atoms with E-state index in [1.54, 1.807) is 6.07 Å². The fraction of sp³-hybridized carbons (Fsp3) is 0.353. The normalized spacial score (nSPS) is 16.8. The van der Waals surface area contributed by atoms with Crippen molar-refractivity contribution in [1.29, 1.82) is 0 Å². The minimum atomic E-state index is -0.215. The summed E-state index contributed by atoms with van der Waals surface area (Å²) in [5.74, 6) is 0.184. The molecule has 1 aromatic heterocycles. The summed E-state index contributed by atoms with van der Waals surface area (Å²) < 4.78 is 6.47. The van der Waals surface area contributed by atoms with E-state index >= 15 is 0 Å². The van der Waals surface area contributed by atoms with Crippen molar-refractivity contribution in [1.82, 2.24) is 15.3 Å². The molecular formula is C17H19BrN4O2. The Balaban J connectivity index is 1.69. The number of hydrogen-bond donors (Lipinski definition) is 2. The van der Waals surface area contributed by atoms with Gasteiger partial charge in [-0.3, -0.25) is 4.79 Å². The molecule has 1 atom stereocenters. The van der Waals surface area contributed by atoms with E-state index in [0.717, 1.165) is 35.3 Å². The second-order valence-electron chi connectivity index (χ2n) is 5.70. The van der Waals surface area contributed by atoms with E-state index in [9.17, 15) is 4.79 Å². The van der Waals surface area contributed by atoms with Crippen LogP contribution in [0.1, 0.15) is 29.0 Å². The maximum Gasteiger partial charge on any atom is 0.270 e. The summed E-state index contributed by atoms with van der Waals surface area (Å²) in [7, 11) is 0. The van der Waals surface area contributed by atoms with Crippen LogP contribution in [0.3, 0.4) is 0 Å². The number of nitrogens with one attached hydrogen (secondary N) is 2. The predicted molar refractivity (Wildman–Crippen MR) is 95.5 cm³/mol. The van der Waals surface area contributed by atoms with Crippen LogP contribution in [-0.4, -0.2) is 35.1 Å². The van der Waals surface area contributed by atoms with Gasteiger partial charge >= 0.3 is 0 Å². The van der Waals surface area contributed by atoms with Crippen LogP contribution >= 0.6 is 15.9 Å². The third-order valence-corrected chi connectivity index (χ3v) is 4.18. The van der Waals surface area contributed by atoms with Gasteiger partial charge in [0.1, 0.15) is 5.69 Å². The van der Waals surface area contributed by atoms with E-state index < -0.39 is 0 Å². The second kappa shape index (κ2) is 7.72. The highest BCUT2D eigenvalue weighted by Gasteiger charge is 2.17. The molecule has 3 rings (SSSR count). The first-order chi connectivity index (χ1) is 11.6. The first kappa shape index (κ1) is 16.9. The van der Waals surface area contributed by atoms with Gasteiger partial charge < -0.3 is 15.4 Å². The molecule has 1 fully saturated rings. The molecule has 2 heterocycles. The molecule has 126 valence electrons. The zero-order chi connectivity index (χ0) is 16.9. The van der Waals surface area contributed by atoms with Crippen molar-refractivity contribution in [3.05, 3.63) is 46.2 Å². The quantitative estimate of drug-likeness (QED) is 0.819. The first-order valence-corrected chi connectivity index (χ1v) is 8.67. The lowest BCUT2D eigenvalue weighted by molar-refractivity contribution is 0.0853. The van der Waals surface area contributed by atoms with Gasteiger partial charge in [-0.05, 0) is 44.0 Å². The van der Waals surface area contributed by atoms with Crippen LogP contribution in [0.5, 0.6) is 0 Å². The molecule has 1 amide bonds. The fourth-order valence-corrected chi connectivity index (χ4v) is 2.94. The maximum atomic E-state index is 12.3. The standard InChI is InChI=1S/C17H19BrN4O2/c1-11-8-15(16(23)19-10-14-6-3-7-24-14)22-17(20-11)21-13-5-2-4-12(18)9-13/h2,4-5,8-9,14H,3,6-7,10H2,1H3,(H,19,23)(H,20,21,22). The Morgan fingerprint density at radius 1 is 1.38 bits per heavy atom. The number of benzene rings is 1. The van der Waals surface area contributed by atoms with Gasteiger partial charge in [-0.1, -0.05) is 22.0 Å². The first-order valence-electron chi connectivity index (χ1n) is 7.88. The lowest BCUT2D eigenvalue weighted by atomic mass is 10.2. The predicted octanol–water partition coefficient (Wildman–Crippen LogP) is 3.20. The number of halogens is 1. The van der Waals surface area contributed by atoms with Gasteiger partial charge in [0.25, 0.3) is 5.91 Å². The summed E-state index contributed by atoms with van der Waals surface area (Å²) in [4.78, 5) is 21.0. The molecule has 1 unspecified atom stereocenters. The minimum absolute atomic E-state index is 0.108. The van der Waals surface area contributed by atoms with E-state index in [-0.39, 0.29) is 12.0 Å². The smallest absolute Gasteiger partial charge is 0.270 e. The van der Waals surface area contributed by atoms with E-state index in [1.807, 2.05) is 31.2 Å². The van der Waals surface area contributed by atoms with Crippen LogP contribution in [-0.2, 0) is 4.74 Å². The number of amides is 1. The Kier molecular flexibility index (Phi) is 5.42. The largest absolute Gasteiger partial charge is 0.376 e. The number of hydrogen-bond acceptors (Lipinski definition) is 5. The maximum absolute atomic E-state index is 12.3. The van der Waals surface area contributed by atoms with Gasteiger partial charge in [0.2, 0.25) is 5.95 Å². The molecule has 0 saturated carbocycles. The van der Waals surface area contributed by atoms with E-state index in [0.29, 0.717) is 18.2 Å². The highest BCUT2D eigenvalue weighted by atomic mass is 79.9. The van der Waals surface area contributed by atoms with E-state index in [1.165, 1.54) is 0 Å². The summed E-state index contributed by atoms with van der Waals surface area (Å²) in [6.07, 6.45) is 2.14. The summed E-state index contributed by atoms with van der Waals surface area (Å²) in [6.45, 7) is 3.12. The van der Waals surface area contributed by atoms with Crippen molar-refractivity contribution < 1.29 is 9.53 Å². The number of carbonyl (C=O) groups excluding carboxylic acids is 1. The molecule has 2 N–H and O–H groups in total. The van der Waals surface area contributed by atoms with Crippen LogP contribution in [0.2, 0.25) is 0 Å². The number of carbonyl (C=O) groups is 1. The number of anilines is 2. The number of rotatable bonds is 5. The average Bonchev–Trinajstić information content (AvgIpc) is 3.05. The molecule has 1 saturated heterocycles. The van der Waals surface area contributed by atoms with Gasteiger partial charge in [0.05, 0.1) is 6.10 Å². The van der Waals surface area contributed by atoms with Gasteiger partial charge in [-0.15, -0.1) is 0 Å². The molecule has 2 aromatic rings. The minimum Gasteiger partial charge on any atom is -0.376 e. The van der Waals surface area contributed by atoms with Crippen molar-refractivity contribution in [2.24, 2.45) is 0 Å². The third kappa shape index (κ3) is 4.52. The lowest BCUT2D eigenvalue weighted by Crippen LogP contribution is -2.32. The second-order valence-corrected chi connectivity index (χ2v) is 6.61. The van der Waals surface area contributed by atoms with Crippen molar-refractivity contribution in [3.63, 3.8) is 0 Å². The van der Waals surface area contributed by atoms with Gasteiger partial charge in [0, 0.05) is 29.0 Å². The summed E-state index contributed by atoms with van der Waals surface area (Å²) >= 11 is 3.42. The Bertz CT molecular complexity index is 732. The highest BCUT2D eigenvalue weighted by Crippen LogP contribution is 2.19. The van der Waals surface area contributed by atoms with Crippen molar-refractivity contribution >= 4 is 33.5 Å². The number of aromatic nitrogens is 2. The monoisotopic (exact) mass is 390 g/mol. The zero-order valence-electron chi connectivity index (χ0n) is 13.4. The lowest BCUT2D eigenvalue weighted by Gasteiger charge is -2.12. The van der Waals surface area contributed by atoms with Crippen LogP contribution in [0, 0.1) is 6.92 Å². The Labute approximate surface area is 149 Å². The van der Waals surface area contributed by atoms with E-state index in [4.69, 9.17) is 4.74 Å². The molecule has 1 aromatic carbocycles. The van der Waals surface area contributed by atoms with Crippen LogP contribution in [0.15, 0.2) is 34.8 Å². The molecule has 1 aliphatic heterocycles. The van der Waals surface area contributed by atoms with Crippen LogP contribution in [0.4, 0.5) is 11.6 Å². The SMILES string of the molecule is Cc1cc(C(=O)NCC2CCCO2)nc(Nc2cccc(Br)c2)n1. The third-order valence-electron chi connectivity index (χ3n) is 3.68. The number of ether oxygens (including phenoxy) is 1. The molecule has 0 aliphatic carbocycles. The molecule has 24 heavy (non-hydrogen) atoms. The Hall–Kier alpha value is -1.99. The van der Waals surface area contributed by atoms with Crippen molar-refractivity contribution in [3.8, 4) is 0 Å². The van der Waals surface area contributed by atoms with Gasteiger partial charge in [-0.2, -0.15) is 0 Å². The van der Waals surface area contributed by atoms with Crippen LogP contribution in [0.25, 0.3) is 0 Å². The Morgan fingerprint density at radius 3 is 3.00 bits per heavy atom. The number of aryl methyl sites for hydroxylation is 1. The Morgan fingerprint density at radius 2 is 2.25 bits per heavy atom. The summed E-state index contributed by atoms with van der Waals surface area (Å²) in [6, 6.07) is 9.36. The van der Waals surface area contributed by atoms with Gasteiger partial charge in [-0.25, -0.2) is 9.97 Å². The molecular weight excluding hydrogens is 372 g/mol. The fourth-order valence-electron chi connectivity index (χ4n) is 2.54. The molecule has 7 heteroatoms. The summed E-state index contributed by atoms with van der Waals surface area (Å²) in [5, 5.41) is 6.00. The van der Waals surface area contributed by atoms with Crippen molar-refractivity contribution in [2.45, 2.75) is 25.9 Å².